The number of hydrogen-bond acceptors (Lipinski definition) is 5. The highest BCUT2D eigenvalue weighted by molar-refractivity contribution is 5.87. The van der Waals surface area contributed by atoms with Crippen LogP contribution in [0.2, 0.25) is 0 Å². The van der Waals surface area contributed by atoms with Crippen LogP contribution in [0.4, 0.5) is 9.59 Å². The lowest BCUT2D eigenvalue weighted by Crippen LogP contribution is -2.61. The van der Waals surface area contributed by atoms with Crippen LogP contribution in [-0.2, 0) is 16.0 Å². The third kappa shape index (κ3) is 3.82. The highest BCUT2D eigenvalue weighted by Crippen LogP contribution is 2.34. The SMILES string of the molecule is CC(C)(C)OC(=O)[N+]1(C(=O)O)CCC[C@H]1CC(=O)C1NCCc2ccccc21. The number of fused-ring (bicyclic) bond motifs is 1. The van der Waals surface area contributed by atoms with Gasteiger partial charge in [-0.1, -0.05) is 24.3 Å². The molecule has 2 unspecified atom stereocenters. The number of carbonyl (C=O) groups excluding carboxylic acids is 2. The van der Waals surface area contributed by atoms with E-state index >= 15 is 0 Å². The largest absolute Gasteiger partial charge is 0.527 e. The number of ketones is 1. The summed E-state index contributed by atoms with van der Waals surface area (Å²) in [7, 11) is 0. The molecule has 0 aromatic heterocycles. The Balaban J connectivity index is 1.83. The zero-order chi connectivity index (χ0) is 20.5. The lowest BCUT2D eigenvalue weighted by Gasteiger charge is -2.33. The van der Waals surface area contributed by atoms with Gasteiger partial charge < -0.3 is 15.2 Å². The van der Waals surface area contributed by atoms with Gasteiger partial charge in [-0.25, -0.2) is 0 Å². The molecule has 3 atom stereocenters. The Bertz CT molecular complexity index is 785. The van der Waals surface area contributed by atoms with E-state index in [1.54, 1.807) is 20.8 Å². The number of rotatable bonds is 3. The molecule has 2 aliphatic heterocycles. The van der Waals surface area contributed by atoms with Crippen LogP contribution in [-0.4, -0.2) is 52.3 Å². The van der Waals surface area contributed by atoms with Gasteiger partial charge in [-0.3, -0.25) is 4.79 Å². The van der Waals surface area contributed by atoms with Gasteiger partial charge in [0.05, 0.1) is 12.5 Å². The van der Waals surface area contributed by atoms with Crippen molar-refractivity contribution in [2.24, 2.45) is 0 Å². The molecule has 2 heterocycles. The highest BCUT2D eigenvalue weighted by Gasteiger charge is 2.58. The van der Waals surface area contributed by atoms with Crippen LogP contribution in [0.15, 0.2) is 24.3 Å². The number of nitrogens with one attached hydrogen (secondary N) is 1. The minimum absolute atomic E-state index is 0.0253. The smallest absolute Gasteiger partial charge is 0.435 e. The zero-order valence-electron chi connectivity index (χ0n) is 16.7. The number of quaternary nitrogens is 1. The molecule has 1 fully saturated rings. The van der Waals surface area contributed by atoms with E-state index in [4.69, 9.17) is 4.74 Å². The van der Waals surface area contributed by atoms with Crippen molar-refractivity contribution in [1.82, 2.24) is 5.32 Å². The minimum Gasteiger partial charge on any atom is -0.435 e. The van der Waals surface area contributed by atoms with Crippen LogP contribution in [0.5, 0.6) is 0 Å². The number of carbonyl (C=O) groups is 3. The summed E-state index contributed by atoms with van der Waals surface area (Å²) < 4.78 is 4.60. The number of hydrogen-bond donors (Lipinski definition) is 2. The van der Waals surface area contributed by atoms with Gasteiger partial charge >= 0.3 is 12.2 Å². The summed E-state index contributed by atoms with van der Waals surface area (Å²) in [6.07, 6.45) is -0.0773. The first-order chi connectivity index (χ1) is 13.1. The Hall–Kier alpha value is -2.25. The Labute approximate surface area is 165 Å². The maximum atomic E-state index is 13.1. The topological polar surface area (TPSA) is 92.7 Å². The lowest BCUT2D eigenvalue weighted by molar-refractivity contribution is -0.798. The van der Waals surface area contributed by atoms with Crippen molar-refractivity contribution >= 4 is 18.0 Å². The maximum Gasteiger partial charge on any atom is 0.527 e. The van der Waals surface area contributed by atoms with Crippen LogP contribution in [0.25, 0.3) is 0 Å². The molecule has 2 amide bonds. The van der Waals surface area contributed by atoms with Gasteiger partial charge in [0.15, 0.2) is 5.78 Å². The van der Waals surface area contributed by atoms with Crippen molar-refractivity contribution in [2.75, 3.05) is 13.1 Å². The Morgan fingerprint density at radius 2 is 1.96 bits per heavy atom. The average molecular weight is 389 g/mol. The summed E-state index contributed by atoms with van der Waals surface area (Å²) >= 11 is 0. The van der Waals surface area contributed by atoms with Crippen LogP contribution in [0.1, 0.15) is 57.2 Å². The van der Waals surface area contributed by atoms with Gasteiger partial charge in [0.1, 0.15) is 18.2 Å². The molecule has 2 aliphatic rings. The van der Waals surface area contributed by atoms with E-state index in [0.717, 1.165) is 17.5 Å². The van der Waals surface area contributed by atoms with Gasteiger partial charge in [-0.2, -0.15) is 9.59 Å². The fourth-order valence-corrected chi connectivity index (χ4v) is 4.29. The Kier molecular flexibility index (Phi) is 5.59. The highest BCUT2D eigenvalue weighted by atomic mass is 16.6. The fraction of sp³-hybridized carbons (Fsp3) is 0.571. The summed E-state index contributed by atoms with van der Waals surface area (Å²) in [5.74, 6) is -0.0774. The molecule has 1 aromatic carbocycles. The molecule has 0 radical (unpaired) electrons. The molecular formula is C21H29N2O5+. The normalized spacial score (nSPS) is 27.1. The fourth-order valence-electron chi connectivity index (χ4n) is 4.29. The van der Waals surface area contributed by atoms with Crippen LogP contribution in [0.3, 0.4) is 0 Å². The number of amides is 2. The molecule has 2 N–H and O–H groups in total. The number of likely N-dealkylation sites (tertiary alicyclic amines) is 1. The molecule has 0 aliphatic carbocycles. The van der Waals surface area contributed by atoms with Crippen LogP contribution in [0, 0.1) is 0 Å². The van der Waals surface area contributed by atoms with Crippen molar-refractivity contribution in [3.63, 3.8) is 0 Å². The van der Waals surface area contributed by atoms with Crippen molar-refractivity contribution in [2.45, 2.75) is 64.1 Å². The Morgan fingerprint density at radius 3 is 2.64 bits per heavy atom. The van der Waals surface area contributed by atoms with Gasteiger partial charge in [-0.15, -0.1) is 4.48 Å². The molecular weight excluding hydrogens is 360 g/mol. The first kappa shape index (κ1) is 20.5. The van der Waals surface area contributed by atoms with Gasteiger partial charge in [-0.05, 0) is 38.3 Å². The van der Waals surface area contributed by atoms with Crippen molar-refractivity contribution in [3.8, 4) is 0 Å². The number of ether oxygens (including phenoxy) is 1. The summed E-state index contributed by atoms with van der Waals surface area (Å²) in [5, 5.41) is 13.2. The molecule has 152 valence electrons. The molecule has 7 nitrogen and oxygen atoms in total. The second kappa shape index (κ2) is 7.64. The van der Waals surface area contributed by atoms with Gasteiger partial charge in [0, 0.05) is 19.4 Å². The van der Waals surface area contributed by atoms with E-state index in [0.29, 0.717) is 19.4 Å². The predicted octanol–water partition coefficient (Wildman–Crippen LogP) is 3.42. The van der Waals surface area contributed by atoms with E-state index in [1.165, 1.54) is 0 Å². The van der Waals surface area contributed by atoms with Gasteiger partial charge in [0.2, 0.25) is 0 Å². The standard InChI is InChI=1S/C21H28N2O5/c1-21(2,3)28-20(27)23(19(25)26)12-6-8-15(23)13-17(24)18-16-9-5-4-7-14(16)10-11-22-18/h4-5,7,9,15,18,22H,6,8,10-13H2,1-3H3/p+1/t15-,18?,23?/m0/s1. The second-order valence-corrected chi connectivity index (χ2v) is 8.66. The average Bonchev–Trinajstić information content (AvgIpc) is 3.04. The zero-order valence-corrected chi connectivity index (χ0v) is 16.7. The molecule has 1 saturated heterocycles. The number of benzene rings is 1. The monoisotopic (exact) mass is 389 g/mol. The second-order valence-electron chi connectivity index (χ2n) is 8.66. The van der Waals surface area contributed by atoms with E-state index in [1.807, 2.05) is 24.3 Å². The third-order valence-corrected chi connectivity index (χ3v) is 5.60. The molecule has 3 rings (SSSR count). The number of nitrogens with zero attached hydrogens (tertiary/aromatic N) is 1. The summed E-state index contributed by atoms with van der Waals surface area (Å²) in [6, 6.07) is 6.74. The van der Waals surface area contributed by atoms with E-state index in [2.05, 4.69) is 5.32 Å². The molecule has 1 aromatic rings. The van der Waals surface area contributed by atoms with Crippen LogP contribution >= 0.6 is 0 Å². The van der Waals surface area contributed by atoms with Crippen molar-refractivity contribution in [1.29, 1.82) is 0 Å². The predicted molar refractivity (Wildman–Crippen MR) is 103 cm³/mol. The van der Waals surface area contributed by atoms with E-state index < -0.39 is 34.4 Å². The van der Waals surface area contributed by atoms with E-state index in [9.17, 15) is 19.5 Å². The third-order valence-electron chi connectivity index (χ3n) is 5.60. The van der Waals surface area contributed by atoms with Crippen molar-refractivity contribution in [3.05, 3.63) is 35.4 Å². The molecule has 0 spiro atoms. The first-order valence-electron chi connectivity index (χ1n) is 9.84. The number of carboxylic acid groups (broad SMARTS) is 1. The molecule has 28 heavy (non-hydrogen) atoms. The number of imide groups is 1. The lowest BCUT2D eigenvalue weighted by atomic mass is 9.89. The Morgan fingerprint density at radius 1 is 1.25 bits per heavy atom. The first-order valence-corrected chi connectivity index (χ1v) is 9.84. The molecule has 0 bridgehead atoms. The summed E-state index contributed by atoms with van der Waals surface area (Å²) in [4.78, 5) is 38.1. The van der Waals surface area contributed by atoms with Crippen LogP contribution < -0.4 is 5.32 Å². The van der Waals surface area contributed by atoms with E-state index in [-0.39, 0.29) is 18.7 Å². The summed E-state index contributed by atoms with van der Waals surface area (Å²) in [5.41, 5.74) is 1.29. The summed E-state index contributed by atoms with van der Waals surface area (Å²) in [6.45, 7) is 5.98. The number of Topliss-reactive ketones (excluding diaryl/α,β-unsaturated/α-hetero) is 1. The minimum atomic E-state index is -1.25. The van der Waals surface area contributed by atoms with Crippen molar-refractivity contribution < 1.29 is 28.7 Å². The molecule has 7 heteroatoms. The maximum absolute atomic E-state index is 13.1. The van der Waals surface area contributed by atoms with Gasteiger partial charge in [0.25, 0.3) is 0 Å². The quantitative estimate of drug-likeness (QED) is 0.770. The molecule has 0 saturated carbocycles.